The first kappa shape index (κ1) is 17.3. The molecule has 1 amide bonds. The second-order valence-electron chi connectivity index (χ2n) is 5.81. The lowest BCUT2D eigenvalue weighted by Gasteiger charge is -2.24. The van der Waals surface area contributed by atoms with E-state index < -0.39 is 24.4 Å². The summed E-state index contributed by atoms with van der Waals surface area (Å²) in [5.74, 6) is -0.277. The molecule has 0 radical (unpaired) electrons. The number of benzene rings is 1. The number of hydrogen-bond acceptors (Lipinski definition) is 4. The highest BCUT2D eigenvalue weighted by Gasteiger charge is 2.31. The molecule has 3 rings (SSSR count). The molecule has 1 fully saturated rings. The van der Waals surface area contributed by atoms with Gasteiger partial charge in [0.2, 0.25) is 0 Å². The summed E-state index contributed by atoms with van der Waals surface area (Å²) in [6.07, 6.45) is -1.77. The van der Waals surface area contributed by atoms with Crippen LogP contribution in [0.25, 0.3) is 0 Å². The number of hydrogen-bond donors (Lipinski definition) is 1. The Balaban J connectivity index is 2.06. The van der Waals surface area contributed by atoms with E-state index in [4.69, 9.17) is 15.2 Å². The van der Waals surface area contributed by atoms with Crippen LogP contribution in [0.3, 0.4) is 0 Å². The zero-order chi connectivity index (χ0) is 17.8. The molecule has 1 saturated heterocycles. The molecule has 6 nitrogen and oxygen atoms in total. The molecule has 1 aliphatic rings. The van der Waals surface area contributed by atoms with Crippen LogP contribution in [0.2, 0.25) is 0 Å². The Morgan fingerprint density at radius 2 is 2.12 bits per heavy atom. The highest BCUT2D eigenvalue weighted by atomic mass is 19.3. The SMILES string of the molecule is NC(=O)Oc1c(C(F)F)nn(C2CCCCO2)c1Cc1ccccc1. The molecule has 2 heterocycles. The van der Waals surface area contributed by atoms with E-state index in [1.54, 1.807) is 0 Å². The van der Waals surface area contributed by atoms with Gasteiger partial charge in [0, 0.05) is 13.0 Å². The first-order chi connectivity index (χ1) is 12.1. The molecule has 25 heavy (non-hydrogen) atoms. The topological polar surface area (TPSA) is 79.4 Å². The fourth-order valence-corrected chi connectivity index (χ4v) is 2.93. The molecule has 8 heteroatoms. The van der Waals surface area contributed by atoms with Gasteiger partial charge < -0.3 is 15.2 Å². The van der Waals surface area contributed by atoms with Crippen LogP contribution in [0.15, 0.2) is 30.3 Å². The maximum atomic E-state index is 13.4. The van der Waals surface area contributed by atoms with Gasteiger partial charge in [-0.1, -0.05) is 30.3 Å². The van der Waals surface area contributed by atoms with Crippen LogP contribution in [0.5, 0.6) is 5.75 Å². The second-order valence-corrected chi connectivity index (χ2v) is 5.81. The van der Waals surface area contributed by atoms with Crippen molar-refractivity contribution in [3.63, 3.8) is 0 Å². The summed E-state index contributed by atoms with van der Waals surface area (Å²) in [4.78, 5) is 11.2. The van der Waals surface area contributed by atoms with E-state index >= 15 is 0 Å². The quantitative estimate of drug-likeness (QED) is 0.893. The van der Waals surface area contributed by atoms with Gasteiger partial charge in [-0.15, -0.1) is 0 Å². The van der Waals surface area contributed by atoms with Crippen molar-refractivity contribution in [3.8, 4) is 5.75 Å². The van der Waals surface area contributed by atoms with Gasteiger partial charge >= 0.3 is 6.09 Å². The second kappa shape index (κ2) is 7.60. The predicted molar refractivity (Wildman–Crippen MR) is 85.5 cm³/mol. The van der Waals surface area contributed by atoms with Crippen molar-refractivity contribution in [1.29, 1.82) is 0 Å². The molecule has 1 atom stereocenters. The summed E-state index contributed by atoms with van der Waals surface area (Å²) in [5.41, 5.74) is 5.69. The lowest BCUT2D eigenvalue weighted by molar-refractivity contribution is -0.0417. The number of nitrogens with two attached hydrogens (primary N) is 1. The summed E-state index contributed by atoms with van der Waals surface area (Å²) < 4.78 is 38.8. The van der Waals surface area contributed by atoms with Crippen molar-refractivity contribution in [2.45, 2.75) is 38.3 Å². The number of carbonyl (C=O) groups excluding carboxylic acids is 1. The van der Waals surface area contributed by atoms with E-state index in [-0.39, 0.29) is 12.2 Å². The summed E-state index contributed by atoms with van der Waals surface area (Å²) >= 11 is 0. The first-order valence-corrected chi connectivity index (χ1v) is 8.08. The van der Waals surface area contributed by atoms with Gasteiger partial charge in [0.15, 0.2) is 17.7 Å². The van der Waals surface area contributed by atoms with Crippen LogP contribution in [0, 0.1) is 0 Å². The zero-order valence-electron chi connectivity index (χ0n) is 13.5. The number of rotatable bonds is 5. The molecule has 1 aliphatic heterocycles. The molecule has 2 aromatic rings. The molecule has 134 valence electrons. The molecule has 0 bridgehead atoms. The lowest BCUT2D eigenvalue weighted by atomic mass is 10.1. The first-order valence-electron chi connectivity index (χ1n) is 8.08. The van der Waals surface area contributed by atoms with Crippen molar-refractivity contribution in [2.24, 2.45) is 5.73 Å². The number of ether oxygens (including phenoxy) is 2. The van der Waals surface area contributed by atoms with Gasteiger partial charge in [-0.3, -0.25) is 0 Å². The van der Waals surface area contributed by atoms with Gasteiger partial charge in [-0.2, -0.15) is 5.10 Å². The van der Waals surface area contributed by atoms with Crippen LogP contribution in [-0.4, -0.2) is 22.5 Å². The average Bonchev–Trinajstić information content (AvgIpc) is 2.94. The number of amides is 1. The van der Waals surface area contributed by atoms with Gasteiger partial charge in [0.05, 0.1) is 5.69 Å². The van der Waals surface area contributed by atoms with E-state index in [0.29, 0.717) is 18.7 Å². The number of nitrogens with zero attached hydrogens (tertiary/aromatic N) is 2. The third-order valence-electron chi connectivity index (χ3n) is 4.04. The number of aromatic nitrogens is 2. The Labute approximate surface area is 143 Å². The number of halogens is 2. The molecule has 2 N–H and O–H groups in total. The normalized spacial score (nSPS) is 17.6. The van der Waals surface area contributed by atoms with Crippen LogP contribution in [0.4, 0.5) is 13.6 Å². The highest BCUT2D eigenvalue weighted by molar-refractivity contribution is 5.69. The van der Waals surface area contributed by atoms with Gasteiger partial charge in [-0.25, -0.2) is 18.3 Å². The Bertz CT molecular complexity index is 728. The molecular formula is C17H19F2N3O3. The lowest BCUT2D eigenvalue weighted by Crippen LogP contribution is -2.22. The molecule has 0 spiro atoms. The van der Waals surface area contributed by atoms with Crippen LogP contribution >= 0.6 is 0 Å². The minimum atomic E-state index is -2.89. The van der Waals surface area contributed by atoms with Crippen molar-refractivity contribution in [3.05, 3.63) is 47.3 Å². The van der Waals surface area contributed by atoms with Crippen molar-refractivity contribution in [1.82, 2.24) is 9.78 Å². The molecule has 1 unspecified atom stereocenters. The van der Waals surface area contributed by atoms with E-state index in [1.165, 1.54) is 4.68 Å². The predicted octanol–water partition coefficient (Wildman–Crippen LogP) is 3.57. The average molecular weight is 351 g/mol. The van der Waals surface area contributed by atoms with E-state index in [9.17, 15) is 13.6 Å². The largest absolute Gasteiger partial charge is 0.410 e. The van der Waals surface area contributed by atoms with Gasteiger partial charge in [-0.05, 0) is 24.8 Å². The number of primary amides is 1. The smallest absolute Gasteiger partial charge is 0.406 e. The Morgan fingerprint density at radius 1 is 1.36 bits per heavy atom. The van der Waals surface area contributed by atoms with E-state index in [0.717, 1.165) is 18.4 Å². The van der Waals surface area contributed by atoms with Gasteiger partial charge in [0.25, 0.3) is 6.43 Å². The fraction of sp³-hybridized carbons (Fsp3) is 0.412. The van der Waals surface area contributed by atoms with Crippen LogP contribution in [0.1, 0.15) is 48.9 Å². The summed E-state index contributed by atoms with van der Waals surface area (Å²) in [5, 5.41) is 3.99. The zero-order valence-corrected chi connectivity index (χ0v) is 13.5. The van der Waals surface area contributed by atoms with Crippen molar-refractivity contribution < 1.29 is 23.0 Å². The number of carbonyl (C=O) groups is 1. The third kappa shape index (κ3) is 3.96. The Kier molecular flexibility index (Phi) is 5.28. The van der Waals surface area contributed by atoms with E-state index in [2.05, 4.69) is 5.10 Å². The minimum absolute atomic E-state index is 0.267. The Morgan fingerprint density at radius 3 is 2.72 bits per heavy atom. The maximum Gasteiger partial charge on any atom is 0.410 e. The van der Waals surface area contributed by atoms with Crippen LogP contribution < -0.4 is 10.5 Å². The Hall–Kier alpha value is -2.48. The van der Waals surface area contributed by atoms with Crippen molar-refractivity contribution >= 4 is 6.09 Å². The summed E-state index contributed by atoms with van der Waals surface area (Å²) in [7, 11) is 0. The van der Waals surface area contributed by atoms with E-state index in [1.807, 2.05) is 30.3 Å². The monoisotopic (exact) mass is 351 g/mol. The molecular weight excluding hydrogens is 332 g/mol. The molecule has 1 aromatic heterocycles. The fourth-order valence-electron chi connectivity index (χ4n) is 2.93. The summed E-state index contributed by atoms with van der Waals surface area (Å²) in [6.45, 7) is 0.533. The maximum absolute atomic E-state index is 13.4. The standard InChI is InChI=1S/C17H19F2N3O3/c18-16(19)14-15(25-17(20)23)12(10-11-6-2-1-3-7-11)22(21-14)13-8-4-5-9-24-13/h1-3,6-7,13,16H,4-5,8-10H2,(H2,20,23). The third-order valence-corrected chi connectivity index (χ3v) is 4.04. The molecule has 1 aromatic carbocycles. The van der Waals surface area contributed by atoms with Crippen molar-refractivity contribution in [2.75, 3.05) is 6.61 Å². The highest BCUT2D eigenvalue weighted by Crippen LogP contribution is 2.36. The molecule has 0 saturated carbocycles. The minimum Gasteiger partial charge on any atom is -0.406 e. The number of alkyl halides is 2. The van der Waals surface area contributed by atoms with Crippen LogP contribution in [-0.2, 0) is 11.2 Å². The molecule has 0 aliphatic carbocycles. The van der Waals surface area contributed by atoms with Gasteiger partial charge in [0.1, 0.15) is 0 Å². The summed E-state index contributed by atoms with van der Waals surface area (Å²) in [6, 6.07) is 9.26.